The van der Waals surface area contributed by atoms with Crippen LogP contribution in [0.2, 0.25) is 0 Å². The van der Waals surface area contributed by atoms with Crippen LogP contribution in [0.5, 0.6) is 11.5 Å². The quantitative estimate of drug-likeness (QED) is 0.168. The average Bonchev–Trinajstić information content (AvgIpc) is 2.66. The van der Waals surface area contributed by atoms with E-state index < -0.39 is 12.8 Å². The van der Waals surface area contributed by atoms with Gasteiger partial charge in [0.15, 0.2) is 17.5 Å². The van der Waals surface area contributed by atoms with Gasteiger partial charge in [0.05, 0.1) is 13.2 Å². The Morgan fingerprint density at radius 3 is 2.37 bits per heavy atom. The maximum Gasteiger partial charge on any atom is 0.411 e. The third-order valence-electron chi connectivity index (χ3n) is 3.64. The number of guanidine groups is 1. The molecule has 0 heterocycles. The zero-order valence-corrected chi connectivity index (χ0v) is 20.1. The minimum Gasteiger partial charge on any atom is -0.490 e. The first-order chi connectivity index (χ1) is 13.9. The molecule has 0 fully saturated rings. The van der Waals surface area contributed by atoms with Crippen molar-refractivity contribution in [2.75, 3.05) is 46.1 Å². The number of halogens is 4. The molecule has 10 heteroatoms. The van der Waals surface area contributed by atoms with Crippen molar-refractivity contribution in [2.45, 2.75) is 39.8 Å². The lowest BCUT2D eigenvalue weighted by molar-refractivity contribution is -0.173. The molecule has 174 valence electrons. The smallest absolute Gasteiger partial charge is 0.411 e. The largest absolute Gasteiger partial charge is 0.490 e. The van der Waals surface area contributed by atoms with Gasteiger partial charge in [-0.1, -0.05) is 6.07 Å². The van der Waals surface area contributed by atoms with Crippen molar-refractivity contribution in [3.8, 4) is 11.5 Å². The maximum absolute atomic E-state index is 12.0. The molecule has 6 nitrogen and oxygen atoms in total. The lowest BCUT2D eigenvalue weighted by atomic mass is 10.1. The van der Waals surface area contributed by atoms with E-state index in [2.05, 4.69) is 20.4 Å². The summed E-state index contributed by atoms with van der Waals surface area (Å²) in [6.07, 6.45) is -3.11. The summed E-state index contributed by atoms with van der Waals surface area (Å²) < 4.78 is 51.8. The highest BCUT2D eigenvalue weighted by Gasteiger charge is 2.27. The van der Waals surface area contributed by atoms with Gasteiger partial charge in [0.25, 0.3) is 0 Å². The zero-order chi connectivity index (χ0) is 21.5. The molecular formula is C20H33F3IN3O3. The highest BCUT2D eigenvalue weighted by Crippen LogP contribution is 2.28. The fourth-order valence-corrected chi connectivity index (χ4v) is 2.46. The van der Waals surface area contributed by atoms with E-state index in [1.54, 1.807) is 0 Å². The minimum absolute atomic E-state index is 0. The van der Waals surface area contributed by atoms with Crippen LogP contribution in [0.15, 0.2) is 23.2 Å². The van der Waals surface area contributed by atoms with E-state index in [1.165, 1.54) is 0 Å². The molecule has 1 aromatic rings. The van der Waals surface area contributed by atoms with Gasteiger partial charge in [0, 0.05) is 26.2 Å². The van der Waals surface area contributed by atoms with Gasteiger partial charge >= 0.3 is 6.18 Å². The van der Waals surface area contributed by atoms with Gasteiger partial charge in [-0.25, -0.2) is 0 Å². The normalized spacial score (nSPS) is 11.6. The van der Waals surface area contributed by atoms with E-state index in [-0.39, 0.29) is 30.6 Å². The minimum atomic E-state index is -4.29. The summed E-state index contributed by atoms with van der Waals surface area (Å²) >= 11 is 0. The Labute approximate surface area is 194 Å². The van der Waals surface area contributed by atoms with Crippen molar-refractivity contribution in [1.29, 1.82) is 0 Å². The summed E-state index contributed by atoms with van der Waals surface area (Å²) in [5, 5.41) is 6.34. The topological polar surface area (TPSA) is 64.1 Å². The molecule has 30 heavy (non-hydrogen) atoms. The Hall–Kier alpha value is -1.43. The standard InChI is InChI=1S/C20H32F3N3O3.HI/c1-4-24-19(25-11-7-13-27-15-20(21,22)23)26-12-10-16-8-9-17(28-5-2)18(14-16)29-6-3;/h8-9,14H,4-7,10-13,15H2,1-3H3,(H2,24,25,26);1H. The number of aliphatic imine (C=N–C) groups is 1. The lowest BCUT2D eigenvalue weighted by Gasteiger charge is -2.14. The molecule has 0 atom stereocenters. The van der Waals surface area contributed by atoms with Gasteiger partial charge in [0.2, 0.25) is 0 Å². The Morgan fingerprint density at radius 1 is 1.03 bits per heavy atom. The van der Waals surface area contributed by atoms with Crippen LogP contribution in [-0.4, -0.2) is 58.2 Å². The predicted octanol–water partition coefficient (Wildman–Crippen LogP) is 4.17. The molecule has 2 N–H and O–H groups in total. The molecule has 0 aliphatic carbocycles. The van der Waals surface area contributed by atoms with Crippen LogP contribution in [0.1, 0.15) is 32.8 Å². The van der Waals surface area contributed by atoms with Gasteiger partial charge in [-0.15, -0.1) is 24.0 Å². The molecule has 1 rings (SSSR count). The van der Waals surface area contributed by atoms with E-state index in [4.69, 9.17) is 9.47 Å². The highest BCUT2D eigenvalue weighted by atomic mass is 127. The molecule has 0 spiro atoms. The van der Waals surface area contributed by atoms with Crippen molar-refractivity contribution in [2.24, 2.45) is 4.99 Å². The number of ether oxygens (including phenoxy) is 3. The van der Waals surface area contributed by atoms with Crippen LogP contribution < -0.4 is 20.1 Å². The lowest BCUT2D eigenvalue weighted by Crippen LogP contribution is -2.38. The zero-order valence-electron chi connectivity index (χ0n) is 17.8. The summed E-state index contributed by atoms with van der Waals surface area (Å²) in [5.41, 5.74) is 1.10. The Kier molecular flexibility index (Phi) is 15.5. The van der Waals surface area contributed by atoms with Crippen LogP contribution in [0.4, 0.5) is 13.2 Å². The SMILES string of the molecule is CCNC(=NCCCOCC(F)(F)F)NCCc1ccc(OCC)c(OCC)c1.I. The molecule has 0 aromatic heterocycles. The van der Waals surface area contributed by atoms with E-state index >= 15 is 0 Å². The van der Waals surface area contributed by atoms with Crippen molar-refractivity contribution in [3.05, 3.63) is 23.8 Å². The van der Waals surface area contributed by atoms with Crippen LogP contribution in [0.25, 0.3) is 0 Å². The molecule has 0 saturated carbocycles. The fourth-order valence-electron chi connectivity index (χ4n) is 2.46. The number of alkyl halides is 3. The van der Waals surface area contributed by atoms with Gasteiger partial charge < -0.3 is 24.8 Å². The van der Waals surface area contributed by atoms with Gasteiger partial charge in [-0.2, -0.15) is 13.2 Å². The first-order valence-electron chi connectivity index (χ1n) is 9.94. The number of hydrogen-bond acceptors (Lipinski definition) is 4. The molecule has 0 radical (unpaired) electrons. The van der Waals surface area contributed by atoms with Crippen LogP contribution in [-0.2, 0) is 11.2 Å². The molecule has 0 amide bonds. The summed E-state index contributed by atoms with van der Waals surface area (Å²) in [5.74, 6) is 2.08. The molecular weight excluding hydrogens is 514 g/mol. The van der Waals surface area contributed by atoms with Crippen molar-refractivity contribution in [3.63, 3.8) is 0 Å². The summed E-state index contributed by atoms with van der Waals surface area (Å²) in [6.45, 7) is 7.46. The van der Waals surface area contributed by atoms with Crippen LogP contribution in [0, 0.1) is 0 Å². The summed E-state index contributed by atoms with van der Waals surface area (Å²) in [7, 11) is 0. The predicted molar refractivity (Wildman–Crippen MR) is 123 cm³/mol. The monoisotopic (exact) mass is 547 g/mol. The van der Waals surface area contributed by atoms with Crippen LogP contribution >= 0.6 is 24.0 Å². The first-order valence-corrected chi connectivity index (χ1v) is 9.94. The van der Waals surface area contributed by atoms with Gasteiger partial charge in [0.1, 0.15) is 6.61 Å². The average molecular weight is 547 g/mol. The number of nitrogens with one attached hydrogen (secondary N) is 2. The van der Waals surface area contributed by atoms with E-state index in [0.29, 0.717) is 45.2 Å². The second-order valence-corrected chi connectivity index (χ2v) is 6.11. The molecule has 0 aliphatic rings. The summed E-state index contributed by atoms with van der Waals surface area (Å²) in [6, 6.07) is 5.87. The number of rotatable bonds is 13. The third-order valence-corrected chi connectivity index (χ3v) is 3.64. The van der Waals surface area contributed by atoms with E-state index in [9.17, 15) is 13.2 Å². The fraction of sp³-hybridized carbons (Fsp3) is 0.650. The Bertz CT molecular complexity index is 617. The Balaban J connectivity index is 0.00000841. The molecule has 0 unspecified atom stereocenters. The number of hydrogen-bond donors (Lipinski definition) is 2. The highest BCUT2D eigenvalue weighted by molar-refractivity contribution is 14.0. The van der Waals surface area contributed by atoms with E-state index in [0.717, 1.165) is 23.5 Å². The van der Waals surface area contributed by atoms with Crippen molar-refractivity contribution in [1.82, 2.24) is 10.6 Å². The molecule has 0 aliphatic heterocycles. The number of benzene rings is 1. The summed E-state index contributed by atoms with van der Waals surface area (Å²) in [4.78, 5) is 4.35. The van der Waals surface area contributed by atoms with Crippen molar-refractivity contribution >= 4 is 29.9 Å². The second-order valence-electron chi connectivity index (χ2n) is 6.11. The maximum atomic E-state index is 12.0. The second kappa shape index (κ2) is 16.3. The molecule has 0 saturated heterocycles. The van der Waals surface area contributed by atoms with Gasteiger partial charge in [-0.3, -0.25) is 4.99 Å². The third kappa shape index (κ3) is 13.0. The number of nitrogens with zero attached hydrogens (tertiary/aromatic N) is 1. The van der Waals surface area contributed by atoms with E-state index in [1.807, 2.05) is 39.0 Å². The first kappa shape index (κ1) is 28.6. The Morgan fingerprint density at radius 2 is 1.73 bits per heavy atom. The van der Waals surface area contributed by atoms with Gasteiger partial charge in [-0.05, 0) is 51.3 Å². The van der Waals surface area contributed by atoms with Crippen molar-refractivity contribution < 1.29 is 27.4 Å². The molecule has 0 bridgehead atoms. The molecule has 1 aromatic carbocycles. The van der Waals surface area contributed by atoms with Crippen LogP contribution in [0.3, 0.4) is 0 Å².